The number of nitrogens with one attached hydrogen (secondary N) is 1. The standard InChI is InChI=1S/C9H10F2N2O/c1-6-4-12-3-2-7(6)5-13-9(14)8(10)11/h2-4,8H,5H2,1H3,(H,13,14). The molecule has 3 nitrogen and oxygen atoms in total. The minimum absolute atomic E-state index is 0.109. The van der Waals surface area contributed by atoms with Crippen molar-refractivity contribution in [2.75, 3.05) is 0 Å². The van der Waals surface area contributed by atoms with Crippen LogP contribution >= 0.6 is 0 Å². The van der Waals surface area contributed by atoms with E-state index in [1.165, 1.54) is 0 Å². The molecule has 1 heterocycles. The molecule has 1 rings (SSSR count). The number of aromatic nitrogens is 1. The summed E-state index contributed by atoms with van der Waals surface area (Å²) in [5.74, 6) is -1.25. The number of amides is 1. The second-order valence-corrected chi connectivity index (χ2v) is 2.82. The molecule has 0 aromatic carbocycles. The highest BCUT2D eigenvalue weighted by Gasteiger charge is 2.14. The Labute approximate surface area is 80.2 Å². The van der Waals surface area contributed by atoms with E-state index in [-0.39, 0.29) is 6.54 Å². The number of rotatable bonds is 3. The van der Waals surface area contributed by atoms with Crippen molar-refractivity contribution in [2.24, 2.45) is 0 Å². The summed E-state index contributed by atoms with van der Waals surface area (Å²) in [6, 6.07) is 1.68. The number of aryl methyl sites for hydroxylation is 1. The molecule has 0 bridgehead atoms. The van der Waals surface area contributed by atoms with Crippen molar-refractivity contribution in [3.63, 3.8) is 0 Å². The zero-order valence-electron chi connectivity index (χ0n) is 7.63. The van der Waals surface area contributed by atoms with Crippen molar-refractivity contribution in [1.82, 2.24) is 10.3 Å². The molecule has 1 N–H and O–H groups in total. The Hall–Kier alpha value is -1.52. The lowest BCUT2D eigenvalue weighted by Gasteiger charge is -2.06. The Balaban J connectivity index is 2.54. The van der Waals surface area contributed by atoms with Gasteiger partial charge in [-0.05, 0) is 24.1 Å². The summed E-state index contributed by atoms with van der Waals surface area (Å²) in [5, 5.41) is 2.12. The van der Waals surface area contributed by atoms with E-state index in [9.17, 15) is 13.6 Å². The zero-order valence-corrected chi connectivity index (χ0v) is 7.63. The van der Waals surface area contributed by atoms with Crippen LogP contribution in [-0.2, 0) is 11.3 Å². The first-order valence-electron chi connectivity index (χ1n) is 4.06. The lowest BCUT2D eigenvalue weighted by Crippen LogP contribution is -2.29. The molecular formula is C9H10F2N2O. The number of carbonyl (C=O) groups excluding carboxylic acids is 1. The quantitative estimate of drug-likeness (QED) is 0.798. The van der Waals surface area contributed by atoms with Gasteiger partial charge in [-0.3, -0.25) is 9.78 Å². The lowest BCUT2D eigenvalue weighted by atomic mass is 10.1. The fourth-order valence-corrected chi connectivity index (χ4v) is 0.960. The molecule has 5 heteroatoms. The summed E-state index contributed by atoms with van der Waals surface area (Å²) in [6.45, 7) is 1.91. The van der Waals surface area contributed by atoms with Gasteiger partial charge in [0.25, 0.3) is 5.91 Å². The average Bonchev–Trinajstić information content (AvgIpc) is 2.16. The van der Waals surface area contributed by atoms with Crippen LogP contribution in [-0.4, -0.2) is 17.3 Å². The van der Waals surface area contributed by atoms with Crippen LogP contribution in [0, 0.1) is 6.92 Å². The molecule has 0 saturated carbocycles. The third kappa shape index (κ3) is 2.76. The molecule has 1 aromatic rings. The highest BCUT2D eigenvalue weighted by molar-refractivity contribution is 5.79. The molecule has 0 radical (unpaired) electrons. The molecule has 14 heavy (non-hydrogen) atoms. The molecule has 1 amide bonds. The number of carbonyl (C=O) groups is 1. The molecular weight excluding hydrogens is 190 g/mol. The second kappa shape index (κ2) is 4.64. The van der Waals surface area contributed by atoms with Gasteiger partial charge in [0.1, 0.15) is 0 Å². The zero-order chi connectivity index (χ0) is 10.6. The molecule has 0 aliphatic heterocycles. The van der Waals surface area contributed by atoms with Crippen molar-refractivity contribution < 1.29 is 13.6 Å². The maximum atomic E-state index is 11.8. The molecule has 76 valence electrons. The average molecular weight is 200 g/mol. The molecule has 0 aliphatic carbocycles. The Morgan fingerprint density at radius 1 is 1.64 bits per heavy atom. The van der Waals surface area contributed by atoms with Crippen molar-refractivity contribution >= 4 is 5.91 Å². The maximum Gasteiger partial charge on any atom is 0.315 e. The number of halogens is 2. The summed E-state index contributed by atoms with van der Waals surface area (Å²) in [6.07, 6.45) is 0.206. The topological polar surface area (TPSA) is 42.0 Å². The van der Waals surface area contributed by atoms with Gasteiger partial charge in [0.05, 0.1) is 0 Å². The van der Waals surface area contributed by atoms with Crippen molar-refractivity contribution in [1.29, 1.82) is 0 Å². The van der Waals surface area contributed by atoms with Gasteiger partial charge in [0, 0.05) is 18.9 Å². The van der Waals surface area contributed by atoms with E-state index < -0.39 is 12.3 Å². The SMILES string of the molecule is Cc1cnccc1CNC(=O)C(F)F. The van der Waals surface area contributed by atoms with Crippen LogP contribution in [0.1, 0.15) is 11.1 Å². The molecule has 0 fully saturated rings. The van der Waals surface area contributed by atoms with Gasteiger partial charge in [-0.2, -0.15) is 8.78 Å². The van der Waals surface area contributed by atoms with E-state index in [2.05, 4.69) is 10.3 Å². The Kier molecular flexibility index (Phi) is 3.50. The number of pyridine rings is 1. The van der Waals surface area contributed by atoms with Gasteiger partial charge < -0.3 is 5.32 Å². The van der Waals surface area contributed by atoms with Crippen LogP contribution in [0.25, 0.3) is 0 Å². The van der Waals surface area contributed by atoms with Gasteiger partial charge >= 0.3 is 6.43 Å². The van der Waals surface area contributed by atoms with E-state index in [4.69, 9.17) is 0 Å². The Morgan fingerprint density at radius 3 is 2.93 bits per heavy atom. The van der Waals surface area contributed by atoms with E-state index in [0.717, 1.165) is 11.1 Å². The number of hydrogen-bond acceptors (Lipinski definition) is 2. The fraction of sp³-hybridized carbons (Fsp3) is 0.333. The number of alkyl halides is 2. The molecule has 1 aromatic heterocycles. The Morgan fingerprint density at radius 2 is 2.36 bits per heavy atom. The predicted molar refractivity (Wildman–Crippen MR) is 46.8 cm³/mol. The molecule has 0 atom stereocenters. The van der Waals surface area contributed by atoms with Crippen molar-refractivity contribution in [3.8, 4) is 0 Å². The molecule has 0 unspecified atom stereocenters. The number of hydrogen-bond donors (Lipinski definition) is 1. The van der Waals surface area contributed by atoms with E-state index in [1.807, 2.05) is 0 Å². The summed E-state index contributed by atoms with van der Waals surface area (Å²) >= 11 is 0. The summed E-state index contributed by atoms with van der Waals surface area (Å²) in [7, 11) is 0. The van der Waals surface area contributed by atoms with Gasteiger partial charge in [-0.1, -0.05) is 0 Å². The van der Waals surface area contributed by atoms with Gasteiger partial charge in [-0.15, -0.1) is 0 Å². The highest BCUT2D eigenvalue weighted by Crippen LogP contribution is 2.04. The molecule has 0 saturated heterocycles. The van der Waals surface area contributed by atoms with Crippen molar-refractivity contribution in [3.05, 3.63) is 29.6 Å². The van der Waals surface area contributed by atoms with Crippen LogP contribution in [0.5, 0.6) is 0 Å². The lowest BCUT2D eigenvalue weighted by molar-refractivity contribution is -0.131. The number of nitrogens with zero attached hydrogens (tertiary/aromatic N) is 1. The van der Waals surface area contributed by atoms with E-state index >= 15 is 0 Å². The second-order valence-electron chi connectivity index (χ2n) is 2.82. The van der Waals surface area contributed by atoms with Crippen LogP contribution in [0.15, 0.2) is 18.5 Å². The third-order valence-electron chi connectivity index (χ3n) is 1.79. The van der Waals surface area contributed by atoms with Gasteiger partial charge in [-0.25, -0.2) is 0 Å². The van der Waals surface area contributed by atoms with E-state index in [1.54, 1.807) is 25.4 Å². The van der Waals surface area contributed by atoms with Crippen LogP contribution in [0.2, 0.25) is 0 Å². The predicted octanol–water partition coefficient (Wildman–Crippen LogP) is 1.27. The Bertz CT molecular complexity index is 328. The fourth-order valence-electron chi connectivity index (χ4n) is 0.960. The van der Waals surface area contributed by atoms with Crippen LogP contribution < -0.4 is 5.32 Å². The minimum atomic E-state index is -2.96. The first-order chi connectivity index (χ1) is 6.61. The third-order valence-corrected chi connectivity index (χ3v) is 1.79. The maximum absolute atomic E-state index is 11.8. The summed E-state index contributed by atoms with van der Waals surface area (Å²) in [4.78, 5) is 14.4. The highest BCUT2D eigenvalue weighted by atomic mass is 19.3. The van der Waals surface area contributed by atoms with Crippen LogP contribution in [0.4, 0.5) is 8.78 Å². The minimum Gasteiger partial charge on any atom is -0.347 e. The van der Waals surface area contributed by atoms with Gasteiger partial charge in [0.2, 0.25) is 0 Å². The molecule has 0 aliphatic rings. The summed E-state index contributed by atoms with van der Waals surface area (Å²) < 4.78 is 23.6. The normalized spacial score (nSPS) is 10.3. The van der Waals surface area contributed by atoms with Crippen molar-refractivity contribution in [2.45, 2.75) is 19.9 Å². The largest absolute Gasteiger partial charge is 0.347 e. The summed E-state index contributed by atoms with van der Waals surface area (Å²) in [5.41, 5.74) is 1.65. The smallest absolute Gasteiger partial charge is 0.315 e. The van der Waals surface area contributed by atoms with E-state index in [0.29, 0.717) is 0 Å². The van der Waals surface area contributed by atoms with Crippen LogP contribution in [0.3, 0.4) is 0 Å². The molecule has 0 spiro atoms. The van der Waals surface area contributed by atoms with Gasteiger partial charge in [0.15, 0.2) is 0 Å². The first-order valence-corrected chi connectivity index (χ1v) is 4.06. The first kappa shape index (κ1) is 10.6. The monoisotopic (exact) mass is 200 g/mol.